The molecule has 2 atom stereocenters. The molecule has 4 rings (SSSR count). The van der Waals surface area contributed by atoms with Gasteiger partial charge in [0.2, 0.25) is 0 Å². The summed E-state index contributed by atoms with van der Waals surface area (Å²) in [6, 6.07) is 2.02. The molecule has 2 aromatic heterocycles. The van der Waals surface area contributed by atoms with Gasteiger partial charge in [0.25, 0.3) is 0 Å². The third kappa shape index (κ3) is 1.46. The predicted octanol–water partition coefficient (Wildman–Crippen LogP) is 0.595. The maximum atomic E-state index is 11.6. The summed E-state index contributed by atoms with van der Waals surface area (Å²) in [6.45, 7) is 0.684. The zero-order chi connectivity index (χ0) is 13.9. The van der Waals surface area contributed by atoms with Gasteiger partial charge in [0.05, 0.1) is 6.20 Å². The number of hydrogen-bond donors (Lipinski definition) is 1. The first-order valence-electron chi connectivity index (χ1n) is 6.50. The van der Waals surface area contributed by atoms with Gasteiger partial charge >= 0.3 is 5.97 Å². The van der Waals surface area contributed by atoms with Crippen LogP contribution < -0.4 is 4.90 Å². The number of rotatable bonds is 2. The highest BCUT2D eigenvalue weighted by Gasteiger charge is 2.44. The number of aromatic nitrogens is 3. The van der Waals surface area contributed by atoms with Crippen LogP contribution >= 0.6 is 0 Å². The molecule has 0 aromatic carbocycles. The average molecular weight is 272 g/mol. The number of Topliss-reactive ketones (excluding diaryl/α,β-unsaturated/α-hetero) is 1. The lowest BCUT2D eigenvalue weighted by Crippen LogP contribution is -2.36. The fourth-order valence-electron chi connectivity index (χ4n) is 3.19. The van der Waals surface area contributed by atoms with E-state index in [2.05, 4.69) is 15.0 Å². The lowest BCUT2D eigenvalue weighted by Gasteiger charge is -2.27. The topological polar surface area (TPSA) is 87.8 Å². The summed E-state index contributed by atoms with van der Waals surface area (Å²) in [5.74, 6) is 0.132. The Hall–Kier alpha value is -2.44. The minimum absolute atomic E-state index is 0.0901. The molecule has 2 aromatic rings. The molecule has 0 amide bonds. The van der Waals surface area contributed by atoms with Crippen LogP contribution in [0.15, 0.2) is 18.5 Å². The summed E-state index contributed by atoms with van der Waals surface area (Å²) in [4.78, 5) is 29.2. The molecule has 7 heteroatoms. The van der Waals surface area contributed by atoms with Gasteiger partial charge in [0.1, 0.15) is 17.2 Å². The molecule has 2 aliphatic rings. The summed E-state index contributed by atoms with van der Waals surface area (Å²) in [5.41, 5.74) is 0.427. The largest absolute Gasteiger partial charge is 0.477 e. The molecule has 1 aliphatic heterocycles. The van der Waals surface area contributed by atoms with Crippen molar-refractivity contribution in [2.24, 2.45) is 5.92 Å². The number of ketones is 1. The van der Waals surface area contributed by atoms with Crippen LogP contribution in [0.25, 0.3) is 5.65 Å². The smallest absolute Gasteiger partial charge is 0.341 e. The number of carbonyl (C=O) groups is 2. The van der Waals surface area contributed by atoms with E-state index in [1.807, 2.05) is 6.07 Å². The number of carboxylic acids is 1. The monoisotopic (exact) mass is 272 g/mol. The van der Waals surface area contributed by atoms with Crippen LogP contribution in [0.2, 0.25) is 0 Å². The highest BCUT2D eigenvalue weighted by molar-refractivity contribution is 5.94. The minimum Gasteiger partial charge on any atom is -0.477 e. The van der Waals surface area contributed by atoms with E-state index in [0.29, 0.717) is 24.4 Å². The van der Waals surface area contributed by atoms with E-state index in [1.54, 1.807) is 6.20 Å². The van der Waals surface area contributed by atoms with E-state index >= 15 is 0 Å². The van der Waals surface area contributed by atoms with E-state index in [1.165, 1.54) is 10.7 Å². The number of anilines is 1. The quantitative estimate of drug-likeness (QED) is 0.861. The Labute approximate surface area is 113 Å². The van der Waals surface area contributed by atoms with Crippen LogP contribution in [0.4, 0.5) is 5.82 Å². The summed E-state index contributed by atoms with van der Waals surface area (Å²) < 4.78 is 1.45. The number of carbonyl (C=O) groups excluding carboxylic acids is 1. The second-order valence-electron chi connectivity index (χ2n) is 5.33. The van der Waals surface area contributed by atoms with Crippen molar-refractivity contribution in [3.05, 3.63) is 24.0 Å². The maximum absolute atomic E-state index is 11.6. The Morgan fingerprint density at radius 3 is 2.95 bits per heavy atom. The van der Waals surface area contributed by atoms with Crippen LogP contribution in [0.1, 0.15) is 23.2 Å². The highest BCUT2D eigenvalue weighted by Crippen LogP contribution is 2.37. The average Bonchev–Trinajstić information content (AvgIpc) is 3.09. The van der Waals surface area contributed by atoms with E-state index in [9.17, 15) is 9.59 Å². The number of hydrogen-bond acceptors (Lipinski definition) is 5. The van der Waals surface area contributed by atoms with Crippen molar-refractivity contribution in [1.29, 1.82) is 0 Å². The molecule has 7 nitrogen and oxygen atoms in total. The molecule has 20 heavy (non-hydrogen) atoms. The molecule has 2 fully saturated rings. The molecule has 3 heterocycles. The van der Waals surface area contributed by atoms with Crippen LogP contribution in [-0.4, -0.2) is 44.0 Å². The van der Waals surface area contributed by atoms with Gasteiger partial charge in [-0.15, -0.1) is 0 Å². The van der Waals surface area contributed by atoms with Crippen LogP contribution in [0, 0.1) is 5.92 Å². The van der Waals surface area contributed by atoms with Crippen molar-refractivity contribution in [3.8, 4) is 0 Å². The van der Waals surface area contributed by atoms with Crippen molar-refractivity contribution < 1.29 is 14.7 Å². The van der Waals surface area contributed by atoms with Crippen molar-refractivity contribution in [3.63, 3.8) is 0 Å². The summed E-state index contributed by atoms with van der Waals surface area (Å²) in [5, 5.41) is 13.1. The van der Waals surface area contributed by atoms with Crippen LogP contribution in [-0.2, 0) is 4.79 Å². The minimum atomic E-state index is -1.04. The molecule has 0 spiro atoms. The SMILES string of the molecule is O=C(O)c1cnn2ccc(N3C[C@H]4C[C@@H]3CC4=O)nc12. The molecule has 1 saturated heterocycles. The summed E-state index contributed by atoms with van der Waals surface area (Å²) >= 11 is 0. The second kappa shape index (κ2) is 3.78. The number of fused-ring (bicyclic) bond motifs is 3. The predicted molar refractivity (Wildman–Crippen MR) is 68.8 cm³/mol. The molecule has 0 unspecified atom stereocenters. The zero-order valence-electron chi connectivity index (χ0n) is 10.6. The molecular weight excluding hydrogens is 260 g/mol. The fraction of sp³-hybridized carbons (Fsp3) is 0.385. The van der Waals surface area contributed by atoms with Crippen molar-refractivity contribution in [1.82, 2.24) is 14.6 Å². The maximum Gasteiger partial charge on any atom is 0.341 e. The van der Waals surface area contributed by atoms with Gasteiger partial charge in [-0.1, -0.05) is 0 Å². The normalized spacial score (nSPS) is 24.8. The third-order valence-corrected chi connectivity index (χ3v) is 4.19. The van der Waals surface area contributed by atoms with Crippen molar-refractivity contribution >= 4 is 23.2 Å². The van der Waals surface area contributed by atoms with Crippen molar-refractivity contribution in [2.45, 2.75) is 18.9 Å². The molecule has 0 radical (unpaired) electrons. The molecule has 1 N–H and O–H groups in total. The Balaban J connectivity index is 1.76. The highest BCUT2D eigenvalue weighted by atomic mass is 16.4. The molecule has 102 valence electrons. The van der Waals surface area contributed by atoms with Gasteiger partial charge in [-0.25, -0.2) is 14.3 Å². The van der Waals surface area contributed by atoms with E-state index in [0.717, 1.165) is 12.2 Å². The Kier molecular flexibility index (Phi) is 2.15. The second-order valence-corrected chi connectivity index (χ2v) is 5.33. The van der Waals surface area contributed by atoms with Gasteiger partial charge in [0.15, 0.2) is 5.65 Å². The first-order chi connectivity index (χ1) is 9.63. The van der Waals surface area contributed by atoms with Gasteiger partial charge in [-0.05, 0) is 12.5 Å². The lowest BCUT2D eigenvalue weighted by molar-refractivity contribution is -0.120. The van der Waals surface area contributed by atoms with Gasteiger partial charge in [0, 0.05) is 31.1 Å². The fourth-order valence-corrected chi connectivity index (χ4v) is 3.19. The van der Waals surface area contributed by atoms with Gasteiger partial charge < -0.3 is 10.0 Å². The summed E-state index contributed by atoms with van der Waals surface area (Å²) in [6.07, 6.45) is 4.46. The lowest BCUT2D eigenvalue weighted by atomic mass is 10.1. The molecule has 1 aliphatic carbocycles. The third-order valence-electron chi connectivity index (χ3n) is 4.19. The first-order valence-corrected chi connectivity index (χ1v) is 6.50. The zero-order valence-corrected chi connectivity index (χ0v) is 10.6. The Bertz CT molecular complexity index is 738. The summed E-state index contributed by atoms with van der Waals surface area (Å²) in [7, 11) is 0. The number of piperidine rings is 1. The van der Waals surface area contributed by atoms with Crippen molar-refractivity contribution in [2.75, 3.05) is 11.4 Å². The van der Waals surface area contributed by atoms with Crippen LogP contribution in [0.3, 0.4) is 0 Å². The molecular formula is C13H12N4O3. The Morgan fingerprint density at radius 2 is 2.30 bits per heavy atom. The van der Waals surface area contributed by atoms with E-state index < -0.39 is 5.97 Å². The first kappa shape index (κ1) is 11.4. The van der Waals surface area contributed by atoms with E-state index in [4.69, 9.17) is 5.11 Å². The van der Waals surface area contributed by atoms with Gasteiger partial charge in [-0.2, -0.15) is 5.10 Å². The number of nitrogens with zero attached hydrogens (tertiary/aromatic N) is 4. The Morgan fingerprint density at radius 1 is 1.45 bits per heavy atom. The van der Waals surface area contributed by atoms with E-state index in [-0.39, 0.29) is 17.5 Å². The molecule has 1 saturated carbocycles. The number of carboxylic acid groups (broad SMARTS) is 1. The molecule has 2 bridgehead atoms. The van der Waals surface area contributed by atoms with Crippen LogP contribution in [0.5, 0.6) is 0 Å². The standard InChI is InChI=1S/C13H12N4O3/c18-10-4-8-3-7(10)6-16(8)11-1-2-17-12(15-11)9(5-14-17)13(19)20/h1-2,5,7-8H,3-4,6H2,(H,19,20)/t7-,8-/m1/s1. The van der Waals surface area contributed by atoms with Gasteiger partial charge in [-0.3, -0.25) is 4.79 Å². The number of aromatic carboxylic acids is 1.